The SMILES string of the molecule is COc1ccc(CNC(=O)NCc2cncc(N3CCCC3=O)c2)cc1OC. The summed E-state index contributed by atoms with van der Waals surface area (Å²) in [5.74, 6) is 1.36. The summed E-state index contributed by atoms with van der Waals surface area (Å²) >= 11 is 0. The molecule has 0 aliphatic carbocycles. The number of amides is 3. The number of rotatable bonds is 7. The Hall–Kier alpha value is -3.29. The largest absolute Gasteiger partial charge is 0.493 e. The molecule has 3 rings (SSSR count). The predicted octanol–water partition coefficient (Wildman–Crippen LogP) is 2.23. The molecule has 148 valence electrons. The van der Waals surface area contributed by atoms with E-state index < -0.39 is 0 Å². The van der Waals surface area contributed by atoms with Gasteiger partial charge in [0.25, 0.3) is 0 Å². The Morgan fingerprint density at radius 1 is 1.07 bits per heavy atom. The van der Waals surface area contributed by atoms with E-state index in [1.54, 1.807) is 37.6 Å². The molecular formula is C20H24N4O4. The van der Waals surface area contributed by atoms with E-state index in [0.29, 0.717) is 37.6 Å². The maximum absolute atomic E-state index is 12.1. The maximum Gasteiger partial charge on any atom is 0.315 e. The number of anilines is 1. The van der Waals surface area contributed by atoms with Crippen LogP contribution in [0.5, 0.6) is 11.5 Å². The zero-order valence-electron chi connectivity index (χ0n) is 16.0. The molecule has 1 aliphatic heterocycles. The Kier molecular flexibility index (Phi) is 6.31. The van der Waals surface area contributed by atoms with Gasteiger partial charge in [0, 0.05) is 32.3 Å². The number of carbonyl (C=O) groups excluding carboxylic acids is 2. The van der Waals surface area contributed by atoms with Gasteiger partial charge < -0.3 is 25.0 Å². The summed E-state index contributed by atoms with van der Waals surface area (Å²) < 4.78 is 10.5. The number of nitrogens with one attached hydrogen (secondary N) is 2. The molecule has 8 heteroatoms. The van der Waals surface area contributed by atoms with Gasteiger partial charge in [-0.2, -0.15) is 0 Å². The number of methoxy groups -OCH3 is 2. The molecule has 1 saturated heterocycles. The van der Waals surface area contributed by atoms with Crippen LogP contribution in [0, 0.1) is 0 Å². The minimum atomic E-state index is -0.294. The fraction of sp³-hybridized carbons (Fsp3) is 0.350. The summed E-state index contributed by atoms with van der Waals surface area (Å²) in [4.78, 5) is 29.9. The van der Waals surface area contributed by atoms with Gasteiger partial charge >= 0.3 is 6.03 Å². The minimum absolute atomic E-state index is 0.111. The van der Waals surface area contributed by atoms with Gasteiger partial charge in [-0.3, -0.25) is 9.78 Å². The van der Waals surface area contributed by atoms with Crippen LogP contribution >= 0.6 is 0 Å². The topological polar surface area (TPSA) is 92.8 Å². The molecule has 1 aromatic carbocycles. The average molecular weight is 384 g/mol. The van der Waals surface area contributed by atoms with Crippen LogP contribution in [0.2, 0.25) is 0 Å². The number of carbonyl (C=O) groups is 2. The Balaban J connectivity index is 1.51. The third-order valence-corrected chi connectivity index (χ3v) is 4.52. The molecule has 1 aliphatic rings. The van der Waals surface area contributed by atoms with Crippen molar-refractivity contribution < 1.29 is 19.1 Å². The van der Waals surface area contributed by atoms with Crippen LogP contribution in [0.1, 0.15) is 24.0 Å². The Morgan fingerprint density at radius 2 is 1.82 bits per heavy atom. The number of hydrogen-bond donors (Lipinski definition) is 2. The lowest BCUT2D eigenvalue weighted by atomic mass is 10.2. The van der Waals surface area contributed by atoms with Crippen molar-refractivity contribution in [1.29, 1.82) is 0 Å². The molecule has 0 radical (unpaired) electrons. The predicted molar refractivity (Wildman–Crippen MR) is 104 cm³/mol. The van der Waals surface area contributed by atoms with E-state index >= 15 is 0 Å². The normalized spacial score (nSPS) is 13.4. The summed E-state index contributed by atoms with van der Waals surface area (Å²) in [6.45, 7) is 1.39. The molecule has 28 heavy (non-hydrogen) atoms. The van der Waals surface area contributed by atoms with Crippen LogP contribution in [-0.4, -0.2) is 37.7 Å². The smallest absolute Gasteiger partial charge is 0.315 e. The van der Waals surface area contributed by atoms with Crippen LogP contribution in [0.25, 0.3) is 0 Å². The van der Waals surface area contributed by atoms with E-state index in [4.69, 9.17) is 9.47 Å². The Labute approximate surface area is 163 Å². The third kappa shape index (κ3) is 4.70. The molecule has 0 bridgehead atoms. The number of aromatic nitrogens is 1. The van der Waals surface area contributed by atoms with E-state index in [9.17, 15) is 9.59 Å². The molecule has 2 heterocycles. The van der Waals surface area contributed by atoms with Crippen molar-refractivity contribution in [2.24, 2.45) is 0 Å². The fourth-order valence-electron chi connectivity index (χ4n) is 3.06. The van der Waals surface area contributed by atoms with Gasteiger partial charge in [0.15, 0.2) is 11.5 Å². The molecule has 1 aromatic heterocycles. The molecule has 0 unspecified atom stereocenters. The van der Waals surface area contributed by atoms with Gasteiger partial charge in [-0.25, -0.2) is 4.79 Å². The summed E-state index contributed by atoms with van der Waals surface area (Å²) in [7, 11) is 3.15. The molecule has 2 N–H and O–H groups in total. The van der Waals surface area contributed by atoms with E-state index in [-0.39, 0.29) is 11.9 Å². The second-order valence-corrected chi connectivity index (χ2v) is 6.43. The van der Waals surface area contributed by atoms with Crippen molar-refractivity contribution in [3.05, 3.63) is 47.8 Å². The van der Waals surface area contributed by atoms with Gasteiger partial charge in [-0.05, 0) is 35.7 Å². The number of benzene rings is 1. The monoisotopic (exact) mass is 384 g/mol. The average Bonchev–Trinajstić information content (AvgIpc) is 3.16. The highest BCUT2D eigenvalue weighted by Gasteiger charge is 2.22. The zero-order valence-corrected chi connectivity index (χ0v) is 16.0. The van der Waals surface area contributed by atoms with Crippen molar-refractivity contribution in [2.45, 2.75) is 25.9 Å². The van der Waals surface area contributed by atoms with Crippen LogP contribution in [0.15, 0.2) is 36.7 Å². The van der Waals surface area contributed by atoms with E-state index in [1.165, 1.54) is 0 Å². The highest BCUT2D eigenvalue weighted by atomic mass is 16.5. The van der Waals surface area contributed by atoms with Crippen molar-refractivity contribution in [3.63, 3.8) is 0 Å². The first kappa shape index (κ1) is 19.5. The highest BCUT2D eigenvalue weighted by molar-refractivity contribution is 5.95. The van der Waals surface area contributed by atoms with Crippen LogP contribution in [0.4, 0.5) is 10.5 Å². The van der Waals surface area contributed by atoms with Gasteiger partial charge in [0.05, 0.1) is 26.1 Å². The third-order valence-electron chi connectivity index (χ3n) is 4.52. The van der Waals surface area contributed by atoms with Gasteiger partial charge in [-0.15, -0.1) is 0 Å². The van der Waals surface area contributed by atoms with E-state index in [0.717, 1.165) is 23.2 Å². The lowest BCUT2D eigenvalue weighted by Crippen LogP contribution is -2.34. The lowest BCUT2D eigenvalue weighted by molar-refractivity contribution is -0.117. The number of pyridine rings is 1. The second kappa shape index (κ2) is 9.07. The second-order valence-electron chi connectivity index (χ2n) is 6.43. The Bertz CT molecular complexity index is 856. The van der Waals surface area contributed by atoms with Crippen LogP contribution < -0.4 is 25.0 Å². The molecule has 8 nitrogen and oxygen atoms in total. The standard InChI is InChI=1S/C20H24N4O4/c1-27-17-6-5-14(9-18(17)28-2)11-22-20(26)23-12-15-8-16(13-21-10-15)24-7-3-4-19(24)25/h5-6,8-10,13H,3-4,7,11-12H2,1-2H3,(H2,22,23,26). The van der Waals surface area contributed by atoms with Gasteiger partial charge in [-0.1, -0.05) is 6.07 Å². The summed E-state index contributed by atoms with van der Waals surface area (Å²) in [6.07, 6.45) is 4.78. The number of hydrogen-bond acceptors (Lipinski definition) is 5. The molecule has 1 fully saturated rings. The maximum atomic E-state index is 12.1. The molecular weight excluding hydrogens is 360 g/mol. The van der Waals surface area contributed by atoms with Crippen LogP contribution in [0.3, 0.4) is 0 Å². The van der Waals surface area contributed by atoms with Crippen molar-refractivity contribution in [1.82, 2.24) is 15.6 Å². The molecule has 0 atom stereocenters. The minimum Gasteiger partial charge on any atom is -0.493 e. The highest BCUT2D eigenvalue weighted by Crippen LogP contribution is 2.27. The lowest BCUT2D eigenvalue weighted by Gasteiger charge is -2.16. The number of nitrogens with zero attached hydrogens (tertiary/aromatic N) is 2. The quantitative estimate of drug-likeness (QED) is 0.764. The van der Waals surface area contributed by atoms with Gasteiger partial charge in [0.1, 0.15) is 0 Å². The molecule has 2 aromatic rings. The summed E-state index contributed by atoms with van der Waals surface area (Å²) in [5, 5.41) is 5.60. The van der Waals surface area contributed by atoms with E-state index in [2.05, 4.69) is 15.6 Å². The fourth-order valence-corrected chi connectivity index (χ4v) is 3.06. The zero-order chi connectivity index (χ0) is 19.9. The van der Waals surface area contributed by atoms with Crippen molar-refractivity contribution >= 4 is 17.6 Å². The molecule has 3 amide bonds. The summed E-state index contributed by atoms with van der Waals surface area (Å²) in [5.41, 5.74) is 2.50. The number of urea groups is 1. The Morgan fingerprint density at radius 3 is 2.50 bits per heavy atom. The first-order valence-electron chi connectivity index (χ1n) is 9.07. The van der Waals surface area contributed by atoms with Crippen molar-refractivity contribution in [3.8, 4) is 11.5 Å². The molecule has 0 spiro atoms. The van der Waals surface area contributed by atoms with Gasteiger partial charge in [0.2, 0.25) is 5.91 Å². The van der Waals surface area contributed by atoms with Crippen LogP contribution in [-0.2, 0) is 17.9 Å². The summed E-state index contributed by atoms with van der Waals surface area (Å²) in [6, 6.07) is 7.06. The first-order valence-corrected chi connectivity index (χ1v) is 9.07. The number of ether oxygens (including phenoxy) is 2. The first-order chi connectivity index (χ1) is 13.6. The van der Waals surface area contributed by atoms with E-state index in [1.807, 2.05) is 18.2 Å². The molecule has 0 saturated carbocycles. The van der Waals surface area contributed by atoms with Crippen molar-refractivity contribution in [2.75, 3.05) is 25.7 Å².